The molecule has 0 spiro atoms. The third-order valence-electron chi connectivity index (χ3n) is 2.65. The van der Waals surface area contributed by atoms with Gasteiger partial charge in [-0.25, -0.2) is 0 Å². The van der Waals surface area contributed by atoms with Crippen molar-refractivity contribution in [2.24, 2.45) is 5.92 Å². The van der Waals surface area contributed by atoms with Crippen LogP contribution in [0.1, 0.15) is 60.8 Å². The molecule has 0 aromatic rings. The molecule has 0 aliphatic heterocycles. The fraction of sp³-hybridized carbons (Fsp3) is 0.647. The highest BCUT2D eigenvalue weighted by atomic mass is 16.3. The van der Waals surface area contributed by atoms with E-state index in [0.29, 0.717) is 5.92 Å². The van der Waals surface area contributed by atoms with E-state index in [4.69, 9.17) is 0 Å². The van der Waals surface area contributed by atoms with Gasteiger partial charge in [-0.15, -0.1) is 0 Å². The Morgan fingerprint density at radius 3 is 2.17 bits per heavy atom. The van der Waals surface area contributed by atoms with Gasteiger partial charge in [0.05, 0.1) is 6.10 Å². The molecule has 0 saturated heterocycles. The predicted molar refractivity (Wildman–Crippen MR) is 83.8 cm³/mol. The molecule has 1 nitrogen and oxygen atoms in total. The van der Waals surface area contributed by atoms with Crippen LogP contribution < -0.4 is 0 Å². The number of allylic oxidation sites excluding steroid dienone is 4. The Hall–Kier alpha value is -0.820. The zero-order valence-corrected chi connectivity index (χ0v) is 13.2. The topological polar surface area (TPSA) is 20.2 Å². The molecule has 0 aromatic carbocycles. The number of aliphatic hydroxyl groups excluding tert-OH is 1. The van der Waals surface area contributed by atoms with E-state index in [-0.39, 0.29) is 6.10 Å². The molecule has 1 heteroatoms. The van der Waals surface area contributed by atoms with Gasteiger partial charge in [0.15, 0.2) is 0 Å². The minimum atomic E-state index is -0.220. The van der Waals surface area contributed by atoms with E-state index in [0.717, 1.165) is 24.8 Å². The van der Waals surface area contributed by atoms with Crippen LogP contribution in [0.25, 0.3) is 0 Å². The lowest BCUT2D eigenvalue weighted by atomic mass is 9.99. The Balaban J connectivity index is 0. The van der Waals surface area contributed by atoms with E-state index in [9.17, 15) is 5.11 Å². The Kier molecular flexibility index (Phi) is 13.7. The summed E-state index contributed by atoms with van der Waals surface area (Å²) in [6.07, 6.45) is 8.48. The number of hydrogen-bond donors (Lipinski definition) is 1. The number of aliphatic hydroxyl groups is 1. The average Bonchev–Trinajstić information content (AvgIpc) is 2.37. The highest BCUT2D eigenvalue weighted by Gasteiger charge is 2.07. The summed E-state index contributed by atoms with van der Waals surface area (Å²) in [5, 5.41) is 9.89. The molecule has 0 rings (SSSR count). The van der Waals surface area contributed by atoms with Gasteiger partial charge in [0.2, 0.25) is 0 Å². The predicted octanol–water partition coefficient (Wildman–Crippen LogP) is 5.28. The van der Waals surface area contributed by atoms with Gasteiger partial charge in [0, 0.05) is 0 Å². The molecule has 0 aliphatic carbocycles. The van der Waals surface area contributed by atoms with E-state index in [2.05, 4.69) is 32.6 Å². The summed E-state index contributed by atoms with van der Waals surface area (Å²) in [4.78, 5) is 0. The van der Waals surface area contributed by atoms with Crippen molar-refractivity contribution in [3.8, 4) is 0 Å². The minimum absolute atomic E-state index is 0.220. The molecular weight excluding hydrogens is 220 g/mol. The van der Waals surface area contributed by atoms with Crippen LogP contribution in [0.5, 0.6) is 0 Å². The Bertz CT molecular complexity index is 259. The molecule has 0 fully saturated rings. The lowest BCUT2D eigenvalue weighted by molar-refractivity contribution is 0.157. The highest BCUT2D eigenvalue weighted by Crippen LogP contribution is 2.15. The van der Waals surface area contributed by atoms with Gasteiger partial charge in [-0.1, -0.05) is 58.1 Å². The van der Waals surface area contributed by atoms with Crippen LogP contribution in [-0.2, 0) is 0 Å². The highest BCUT2D eigenvalue weighted by molar-refractivity contribution is 5.27. The summed E-state index contributed by atoms with van der Waals surface area (Å²) >= 11 is 0. The molecule has 0 radical (unpaired) electrons. The first-order valence-corrected chi connectivity index (χ1v) is 7.13. The van der Waals surface area contributed by atoms with Gasteiger partial charge in [0.1, 0.15) is 0 Å². The van der Waals surface area contributed by atoms with Crippen molar-refractivity contribution in [2.45, 2.75) is 66.9 Å². The van der Waals surface area contributed by atoms with Crippen LogP contribution in [0.3, 0.4) is 0 Å². The Morgan fingerprint density at radius 1 is 1.22 bits per heavy atom. The SMILES string of the molecule is C=C/C(C)=C\C(=C/C)CC(O)CCC(C)C.CC. The zero-order chi connectivity index (χ0) is 14.6. The van der Waals surface area contributed by atoms with E-state index in [1.807, 2.05) is 33.8 Å². The monoisotopic (exact) mass is 252 g/mol. The second kappa shape index (κ2) is 12.6. The molecule has 1 atom stereocenters. The fourth-order valence-corrected chi connectivity index (χ4v) is 1.51. The van der Waals surface area contributed by atoms with Crippen LogP contribution in [-0.4, -0.2) is 11.2 Å². The number of rotatable bonds is 7. The third kappa shape index (κ3) is 11.7. The number of hydrogen-bond acceptors (Lipinski definition) is 1. The van der Waals surface area contributed by atoms with Crippen LogP contribution in [0.4, 0.5) is 0 Å². The van der Waals surface area contributed by atoms with E-state index in [1.54, 1.807) is 0 Å². The summed E-state index contributed by atoms with van der Waals surface area (Å²) in [7, 11) is 0. The second-order valence-corrected chi connectivity index (χ2v) is 4.79. The van der Waals surface area contributed by atoms with E-state index in [1.165, 1.54) is 5.57 Å². The largest absolute Gasteiger partial charge is 0.393 e. The summed E-state index contributed by atoms with van der Waals surface area (Å²) < 4.78 is 0. The minimum Gasteiger partial charge on any atom is -0.393 e. The van der Waals surface area contributed by atoms with Crippen LogP contribution in [0.2, 0.25) is 0 Å². The fourth-order valence-electron chi connectivity index (χ4n) is 1.51. The summed E-state index contributed by atoms with van der Waals surface area (Å²) in [5.41, 5.74) is 2.33. The van der Waals surface area contributed by atoms with Crippen LogP contribution in [0.15, 0.2) is 36.0 Å². The molecule has 1 unspecified atom stereocenters. The van der Waals surface area contributed by atoms with Gasteiger partial charge in [0.25, 0.3) is 0 Å². The van der Waals surface area contributed by atoms with Crippen LogP contribution >= 0.6 is 0 Å². The van der Waals surface area contributed by atoms with Gasteiger partial charge >= 0.3 is 0 Å². The van der Waals surface area contributed by atoms with Gasteiger partial charge in [-0.05, 0) is 44.6 Å². The quantitative estimate of drug-likeness (QED) is 0.611. The maximum Gasteiger partial charge on any atom is 0.0580 e. The smallest absolute Gasteiger partial charge is 0.0580 e. The maximum atomic E-state index is 9.89. The molecule has 106 valence electrons. The summed E-state index contributed by atoms with van der Waals surface area (Å²) in [5.74, 6) is 0.661. The molecule has 0 heterocycles. The standard InChI is InChI=1S/C15H26O.C2H6/c1-6-13(5)10-14(7-2)11-15(16)9-8-12(3)4;1-2/h6-7,10,12,15-16H,1,8-9,11H2,2-5H3;1-2H3/b13-10-,14-7+;. The van der Waals surface area contributed by atoms with Gasteiger partial charge in [-0.3, -0.25) is 0 Å². The van der Waals surface area contributed by atoms with Gasteiger partial charge < -0.3 is 5.11 Å². The Morgan fingerprint density at radius 2 is 1.78 bits per heavy atom. The van der Waals surface area contributed by atoms with Crippen molar-refractivity contribution in [3.63, 3.8) is 0 Å². The third-order valence-corrected chi connectivity index (χ3v) is 2.65. The molecule has 0 aromatic heterocycles. The average molecular weight is 252 g/mol. The van der Waals surface area contributed by atoms with Crippen molar-refractivity contribution in [1.82, 2.24) is 0 Å². The molecule has 0 saturated carbocycles. The van der Waals surface area contributed by atoms with Gasteiger partial charge in [-0.2, -0.15) is 0 Å². The summed E-state index contributed by atoms with van der Waals surface area (Å²) in [6.45, 7) is 16.1. The molecule has 0 bridgehead atoms. The first kappa shape index (κ1) is 19.5. The molecule has 0 aliphatic rings. The van der Waals surface area contributed by atoms with E-state index < -0.39 is 0 Å². The van der Waals surface area contributed by atoms with Crippen molar-refractivity contribution < 1.29 is 5.11 Å². The molecule has 1 N–H and O–H groups in total. The first-order chi connectivity index (χ1) is 8.49. The summed E-state index contributed by atoms with van der Waals surface area (Å²) in [6, 6.07) is 0. The molecule has 18 heavy (non-hydrogen) atoms. The zero-order valence-electron chi connectivity index (χ0n) is 13.2. The second-order valence-electron chi connectivity index (χ2n) is 4.79. The first-order valence-electron chi connectivity index (χ1n) is 7.13. The Labute approximate surface area is 114 Å². The lowest BCUT2D eigenvalue weighted by Crippen LogP contribution is -2.08. The molecule has 0 amide bonds. The van der Waals surface area contributed by atoms with Crippen molar-refractivity contribution in [1.29, 1.82) is 0 Å². The van der Waals surface area contributed by atoms with E-state index >= 15 is 0 Å². The van der Waals surface area contributed by atoms with Crippen molar-refractivity contribution >= 4 is 0 Å². The van der Waals surface area contributed by atoms with Crippen molar-refractivity contribution in [2.75, 3.05) is 0 Å². The molecular formula is C17H32O. The van der Waals surface area contributed by atoms with Crippen LogP contribution in [0, 0.1) is 5.92 Å². The maximum absolute atomic E-state index is 9.89. The van der Waals surface area contributed by atoms with Crippen molar-refractivity contribution in [3.05, 3.63) is 36.0 Å². The normalized spacial score (nSPS) is 14.0. The lowest BCUT2D eigenvalue weighted by Gasteiger charge is -2.13.